The minimum Gasteiger partial charge on any atom is -0.483 e. The van der Waals surface area contributed by atoms with Crippen LogP contribution in [-0.4, -0.2) is 35.4 Å². The lowest BCUT2D eigenvalue weighted by Gasteiger charge is -2.31. The number of hydrogen-bond acceptors (Lipinski definition) is 3. The molecule has 1 N–H and O–H groups in total. The van der Waals surface area contributed by atoms with E-state index >= 15 is 0 Å². The molecule has 0 saturated carbocycles. The summed E-state index contributed by atoms with van der Waals surface area (Å²) in [5.41, 5.74) is 3.28. The second-order valence-electron chi connectivity index (χ2n) is 9.72. The molecule has 0 radical (unpaired) electrons. The third-order valence-electron chi connectivity index (χ3n) is 5.57. The molecule has 5 nitrogen and oxygen atoms in total. The SMILES string of the molecule is CCC(C(=O)NC(C)C)N(Cc1ccccc1C)C(=O)COc1ccc(C(C)(C)C)cc1Br. The number of halogens is 1. The molecule has 0 bridgehead atoms. The van der Waals surface area contributed by atoms with Crippen LogP contribution in [0.3, 0.4) is 0 Å². The first-order chi connectivity index (χ1) is 15.4. The van der Waals surface area contributed by atoms with Crippen LogP contribution >= 0.6 is 15.9 Å². The number of nitrogens with zero attached hydrogens (tertiary/aromatic N) is 1. The van der Waals surface area contributed by atoms with Gasteiger partial charge in [-0.1, -0.05) is 58.0 Å². The normalized spacial score (nSPS) is 12.4. The average molecular weight is 518 g/mol. The van der Waals surface area contributed by atoms with Crippen molar-refractivity contribution in [2.75, 3.05) is 6.61 Å². The zero-order valence-corrected chi connectivity index (χ0v) is 22.5. The highest BCUT2D eigenvalue weighted by Crippen LogP contribution is 2.31. The molecule has 0 spiro atoms. The van der Waals surface area contributed by atoms with Crippen LogP contribution in [0.15, 0.2) is 46.9 Å². The summed E-state index contributed by atoms with van der Waals surface area (Å²) in [6.07, 6.45) is 0.514. The molecule has 2 aromatic rings. The number of ether oxygens (including phenoxy) is 1. The molecule has 0 heterocycles. The maximum absolute atomic E-state index is 13.4. The molecule has 180 valence electrons. The van der Waals surface area contributed by atoms with Crippen LogP contribution in [0.4, 0.5) is 0 Å². The van der Waals surface area contributed by atoms with Crippen molar-refractivity contribution in [3.63, 3.8) is 0 Å². The van der Waals surface area contributed by atoms with Gasteiger partial charge in [0.2, 0.25) is 5.91 Å². The van der Waals surface area contributed by atoms with Crippen molar-refractivity contribution in [1.82, 2.24) is 10.2 Å². The van der Waals surface area contributed by atoms with E-state index in [0.29, 0.717) is 18.7 Å². The van der Waals surface area contributed by atoms with Crippen molar-refractivity contribution in [1.29, 1.82) is 0 Å². The number of carbonyl (C=O) groups excluding carboxylic acids is 2. The quantitative estimate of drug-likeness (QED) is 0.460. The van der Waals surface area contributed by atoms with Gasteiger partial charge in [-0.2, -0.15) is 0 Å². The summed E-state index contributed by atoms with van der Waals surface area (Å²) < 4.78 is 6.70. The van der Waals surface area contributed by atoms with Gasteiger partial charge in [0, 0.05) is 12.6 Å². The molecule has 1 atom stereocenters. The molecule has 0 saturated heterocycles. The summed E-state index contributed by atoms with van der Waals surface area (Å²) in [7, 11) is 0. The lowest BCUT2D eigenvalue weighted by atomic mass is 9.87. The van der Waals surface area contributed by atoms with Crippen molar-refractivity contribution < 1.29 is 14.3 Å². The largest absolute Gasteiger partial charge is 0.483 e. The Bertz CT molecular complexity index is 966. The molecular formula is C27H37BrN2O3. The molecule has 1 unspecified atom stereocenters. The van der Waals surface area contributed by atoms with Crippen molar-refractivity contribution in [2.45, 2.75) is 78.9 Å². The van der Waals surface area contributed by atoms with Gasteiger partial charge in [-0.3, -0.25) is 9.59 Å². The number of rotatable bonds is 9. The summed E-state index contributed by atoms with van der Waals surface area (Å²) in [4.78, 5) is 27.9. The number of benzene rings is 2. The van der Waals surface area contributed by atoms with Crippen LogP contribution in [0.5, 0.6) is 5.75 Å². The van der Waals surface area contributed by atoms with Gasteiger partial charge in [-0.15, -0.1) is 0 Å². The maximum atomic E-state index is 13.4. The molecule has 0 aliphatic heterocycles. The van der Waals surface area contributed by atoms with Crippen LogP contribution in [0, 0.1) is 6.92 Å². The molecule has 6 heteroatoms. The fourth-order valence-electron chi connectivity index (χ4n) is 3.58. The van der Waals surface area contributed by atoms with Gasteiger partial charge in [0.15, 0.2) is 6.61 Å². The number of hydrogen-bond donors (Lipinski definition) is 1. The second kappa shape index (κ2) is 11.7. The highest BCUT2D eigenvalue weighted by molar-refractivity contribution is 9.10. The minimum absolute atomic E-state index is 0.00417. The fraction of sp³-hybridized carbons (Fsp3) is 0.481. The lowest BCUT2D eigenvalue weighted by Crippen LogP contribution is -2.51. The Morgan fingerprint density at radius 1 is 1.12 bits per heavy atom. The molecule has 2 aromatic carbocycles. The Morgan fingerprint density at radius 2 is 1.79 bits per heavy atom. The van der Waals surface area contributed by atoms with Crippen molar-refractivity contribution >= 4 is 27.7 Å². The minimum atomic E-state index is -0.574. The number of nitrogens with one attached hydrogen (secondary N) is 1. The van der Waals surface area contributed by atoms with Crippen molar-refractivity contribution in [3.8, 4) is 5.75 Å². The molecule has 2 rings (SSSR count). The van der Waals surface area contributed by atoms with Gasteiger partial charge < -0.3 is 15.0 Å². The summed E-state index contributed by atoms with van der Waals surface area (Å²) in [5.74, 6) is 0.229. The van der Waals surface area contributed by atoms with E-state index in [0.717, 1.165) is 15.6 Å². The van der Waals surface area contributed by atoms with Crippen LogP contribution in [-0.2, 0) is 21.5 Å². The third-order valence-corrected chi connectivity index (χ3v) is 6.19. The number of carbonyl (C=O) groups is 2. The highest BCUT2D eigenvalue weighted by Gasteiger charge is 2.29. The third kappa shape index (κ3) is 7.60. The molecule has 0 aliphatic carbocycles. The molecule has 0 aromatic heterocycles. The van der Waals surface area contributed by atoms with Crippen LogP contribution < -0.4 is 10.1 Å². The highest BCUT2D eigenvalue weighted by atomic mass is 79.9. The standard InChI is InChI=1S/C27H37BrN2O3/c1-8-23(26(32)29-18(2)3)30(16-20-12-10-9-11-19(20)4)25(31)17-33-24-14-13-21(15-22(24)28)27(5,6)7/h9-15,18,23H,8,16-17H2,1-7H3,(H,29,32). The van der Waals surface area contributed by atoms with Crippen LogP contribution in [0.1, 0.15) is 64.7 Å². The van der Waals surface area contributed by atoms with Gasteiger partial charge in [-0.25, -0.2) is 0 Å². The Morgan fingerprint density at radius 3 is 2.33 bits per heavy atom. The zero-order chi connectivity index (χ0) is 24.8. The Labute approximate surface area is 207 Å². The van der Waals surface area contributed by atoms with E-state index in [9.17, 15) is 9.59 Å². The summed E-state index contributed by atoms with van der Waals surface area (Å²) >= 11 is 3.57. The monoisotopic (exact) mass is 516 g/mol. The first-order valence-corrected chi connectivity index (χ1v) is 12.3. The summed E-state index contributed by atoms with van der Waals surface area (Å²) in [5, 5.41) is 2.95. The van der Waals surface area contributed by atoms with E-state index in [1.165, 1.54) is 5.56 Å². The first kappa shape index (κ1) is 26.9. The number of aryl methyl sites for hydroxylation is 1. The molecule has 0 fully saturated rings. The van der Waals surface area contributed by atoms with E-state index in [1.807, 2.05) is 70.2 Å². The van der Waals surface area contributed by atoms with Gasteiger partial charge in [-0.05, 0) is 77.4 Å². The number of amides is 2. The summed E-state index contributed by atoms with van der Waals surface area (Å²) in [6, 6.07) is 13.3. The van der Waals surface area contributed by atoms with Gasteiger partial charge in [0.1, 0.15) is 11.8 Å². The van der Waals surface area contributed by atoms with Crippen LogP contribution in [0.25, 0.3) is 0 Å². The second-order valence-corrected chi connectivity index (χ2v) is 10.6. The topological polar surface area (TPSA) is 58.6 Å². The Balaban J connectivity index is 2.25. The van der Waals surface area contributed by atoms with E-state index in [1.54, 1.807) is 4.90 Å². The van der Waals surface area contributed by atoms with Gasteiger partial charge in [0.05, 0.1) is 4.47 Å². The van der Waals surface area contributed by atoms with Crippen LogP contribution in [0.2, 0.25) is 0 Å². The average Bonchev–Trinajstić information content (AvgIpc) is 2.72. The van der Waals surface area contributed by atoms with Crippen molar-refractivity contribution in [2.24, 2.45) is 0 Å². The molecule has 33 heavy (non-hydrogen) atoms. The van der Waals surface area contributed by atoms with E-state index < -0.39 is 6.04 Å². The van der Waals surface area contributed by atoms with Crippen molar-refractivity contribution in [3.05, 3.63) is 63.6 Å². The fourth-order valence-corrected chi connectivity index (χ4v) is 4.07. The van der Waals surface area contributed by atoms with E-state index in [2.05, 4.69) is 42.0 Å². The molecular weight excluding hydrogens is 480 g/mol. The van der Waals surface area contributed by atoms with Gasteiger partial charge >= 0.3 is 0 Å². The lowest BCUT2D eigenvalue weighted by molar-refractivity contribution is -0.143. The van der Waals surface area contributed by atoms with E-state index in [-0.39, 0.29) is 29.9 Å². The smallest absolute Gasteiger partial charge is 0.261 e. The van der Waals surface area contributed by atoms with E-state index in [4.69, 9.17) is 4.74 Å². The molecule has 0 aliphatic rings. The molecule has 2 amide bonds. The zero-order valence-electron chi connectivity index (χ0n) is 20.9. The van der Waals surface area contributed by atoms with Gasteiger partial charge in [0.25, 0.3) is 5.91 Å². The Hall–Kier alpha value is -2.34. The first-order valence-electron chi connectivity index (χ1n) is 11.5. The predicted molar refractivity (Wildman–Crippen MR) is 137 cm³/mol. The maximum Gasteiger partial charge on any atom is 0.261 e. The summed E-state index contributed by atoms with van der Waals surface area (Å²) in [6.45, 7) is 14.4. The predicted octanol–water partition coefficient (Wildman–Crippen LogP) is 5.77. The Kier molecular flexibility index (Phi) is 9.53.